The first kappa shape index (κ1) is 19.9. The first-order valence-corrected chi connectivity index (χ1v) is 8.73. The number of benzene rings is 2. The molecule has 4 rings (SSSR count). The summed E-state index contributed by atoms with van der Waals surface area (Å²) in [7, 11) is 2.86. The Kier molecular flexibility index (Phi) is 4.52. The van der Waals surface area contributed by atoms with E-state index < -0.39 is 23.4 Å². The minimum Gasteiger partial charge on any atom is -0.497 e. The van der Waals surface area contributed by atoms with Crippen LogP contribution in [0, 0.1) is 18.6 Å². The highest BCUT2D eigenvalue weighted by molar-refractivity contribution is 5.82. The molecule has 5 nitrogen and oxygen atoms in total. The van der Waals surface area contributed by atoms with Gasteiger partial charge in [0.15, 0.2) is 0 Å². The molecule has 2 heterocycles. The summed E-state index contributed by atoms with van der Waals surface area (Å²) in [4.78, 5) is 4.04. The minimum absolute atomic E-state index is 0.0182. The van der Waals surface area contributed by atoms with E-state index in [9.17, 15) is 22.0 Å². The van der Waals surface area contributed by atoms with E-state index in [2.05, 4.69) is 10.1 Å². The lowest BCUT2D eigenvalue weighted by molar-refractivity contribution is -0.137. The Labute approximate surface area is 167 Å². The number of hydrogen-bond acceptors (Lipinski definition) is 3. The zero-order chi connectivity index (χ0) is 21.8. The molecule has 0 aliphatic heterocycles. The second-order valence-electron chi connectivity index (χ2n) is 6.69. The topological polar surface area (TPSA) is 44.9 Å². The van der Waals surface area contributed by atoms with Gasteiger partial charge in [0.2, 0.25) is 0 Å². The van der Waals surface area contributed by atoms with E-state index in [0.29, 0.717) is 11.2 Å². The van der Waals surface area contributed by atoms with Gasteiger partial charge in [0.05, 0.1) is 40.5 Å². The van der Waals surface area contributed by atoms with Crippen LogP contribution in [0.3, 0.4) is 0 Å². The monoisotopic (exact) mass is 422 g/mol. The quantitative estimate of drug-likeness (QED) is 0.435. The number of imidazole rings is 1. The van der Waals surface area contributed by atoms with Gasteiger partial charge in [-0.1, -0.05) is 0 Å². The highest BCUT2D eigenvalue weighted by atomic mass is 19.4. The van der Waals surface area contributed by atoms with E-state index in [4.69, 9.17) is 4.74 Å². The van der Waals surface area contributed by atoms with Crippen LogP contribution in [0.4, 0.5) is 22.0 Å². The smallest absolute Gasteiger partial charge is 0.416 e. The number of alkyl halides is 3. The lowest BCUT2D eigenvalue weighted by atomic mass is 10.0. The van der Waals surface area contributed by atoms with Gasteiger partial charge in [0, 0.05) is 19.2 Å². The molecule has 0 atom stereocenters. The van der Waals surface area contributed by atoms with Gasteiger partial charge in [-0.05, 0) is 25.1 Å². The van der Waals surface area contributed by atoms with Crippen LogP contribution in [0.2, 0.25) is 0 Å². The molecule has 0 saturated carbocycles. The summed E-state index contributed by atoms with van der Waals surface area (Å²) in [5, 5.41) is 4.26. The molecule has 30 heavy (non-hydrogen) atoms. The van der Waals surface area contributed by atoms with Crippen molar-refractivity contribution in [1.29, 1.82) is 0 Å². The first-order chi connectivity index (χ1) is 14.1. The number of hydrogen-bond donors (Lipinski definition) is 0. The van der Waals surface area contributed by atoms with Crippen LogP contribution >= 0.6 is 0 Å². The third-order valence-electron chi connectivity index (χ3n) is 4.80. The van der Waals surface area contributed by atoms with E-state index in [1.165, 1.54) is 28.8 Å². The Hall–Kier alpha value is -3.43. The minimum atomic E-state index is -4.51. The Bertz CT molecular complexity index is 1250. The third kappa shape index (κ3) is 3.08. The number of methoxy groups -OCH3 is 1. The maximum atomic E-state index is 14.8. The van der Waals surface area contributed by atoms with E-state index in [1.54, 1.807) is 14.0 Å². The highest BCUT2D eigenvalue weighted by Crippen LogP contribution is 2.37. The highest BCUT2D eigenvalue weighted by Gasteiger charge is 2.31. The molecule has 0 radical (unpaired) electrons. The fourth-order valence-corrected chi connectivity index (χ4v) is 3.48. The molecule has 0 saturated heterocycles. The number of fused-ring (bicyclic) bond motifs is 1. The number of rotatable bonds is 3. The number of nitrogens with zero attached hydrogens (tertiary/aromatic N) is 4. The van der Waals surface area contributed by atoms with Gasteiger partial charge in [-0.3, -0.25) is 9.25 Å². The summed E-state index contributed by atoms with van der Waals surface area (Å²) in [5.41, 5.74) is -0.232. The molecule has 2 aromatic heterocycles. The molecule has 0 bridgehead atoms. The lowest BCUT2D eigenvalue weighted by Crippen LogP contribution is -2.06. The standard InChI is InChI=1S/C20H15F5N4O/c1-10-17(18-13(21)7-12(30-3)8-14(18)22)19(28(2)27-10)29-9-26-15-6-11(20(23,24)25)4-5-16(15)29/h4-9H,1-3H3. The summed E-state index contributed by atoms with van der Waals surface area (Å²) < 4.78 is 76.3. The Balaban J connectivity index is 1.97. The maximum Gasteiger partial charge on any atom is 0.416 e. The number of aryl methyl sites for hydroxylation is 2. The molecule has 0 amide bonds. The molecule has 10 heteroatoms. The molecule has 0 N–H and O–H groups in total. The molecule has 2 aromatic carbocycles. The Morgan fingerprint density at radius 1 is 1.00 bits per heavy atom. The second-order valence-corrected chi connectivity index (χ2v) is 6.69. The average Bonchev–Trinajstić information content (AvgIpc) is 3.20. The van der Waals surface area contributed by atoms with Crippen molar-refractivity contribution in [3.8, 4) is 22.7 Å². The molecule has 0 unspecified atom stereocenters. The van der Waals surface area contributed by atoms with Crippen LogP contribution in [0.5, 0.6) is 5.75 Å². The van der Waals surface area contributed by atoms with Crippen molar-refractivity contribution in [3.05, 3.63) is 59.6 Å². The molecule has 0 aliphatic carbocycles. The molecule has 4 aromatic rings. The predicted molar refractivity (Wildman–Crippen MR) is 99.5 cm³/mol. The van der Waals surface area contributed by atoms with Crippen LogP contribution in [0.15, 0.2) is 36.7 Å². The van der Waals surface area contributed by atoms with Crippen LogP contribution in [-0.4, -0.2) is 26.4 Å². The van der Waals surface area contributed by atoms with Gasteiger partial charge < -0.3 is 4.74 Å². The molecular formula is C20H15F5N4O. The Morgan fingerprint density at radius 2 is 1.67 bits per heavy atom. The fraction of sp³-hybridized carbons (Fsp3) is 0.200. The first-order valence-electron chi connectivity index (χ1n) is 8.73. The van der Waals surface area contributed by atoms with Crippen LogP contribution in [-0.2, 0) is 13.2 Å². The summed E-state index contributed by atoms with van der Waals surface area (Å²) in [5.74, 6) is -1.43. The Morgan fingerprint density at radius 3 is 2.27 bits per heavy atom. The van der Waals surface area contributed by atoms with Crippen molar-refractivity contribution in [2.45, 2.75) is 13.1 Å². The van der Waals surface area contributed by atoms with E-state index in [1.807, 2.05) is 0 Å². The van der Waals surface area contributed by atoms with Gasteiger partial charge in [-0.25, -0.2) is 13.8 Å². The zero-order valence-electron chi connectivity index (χ0n) is 16.1. The zero-order valence-corrected chi connectivity index (χ0v) is 16.1. The van der Waals surface area contributed by atoms with Crippen molar-refractivity contribution in [2.24, 2.45) is 7.05 Å². The number of aromatic nitrogens is 4. The van der Waals surface area contributed by atoms with Crippen molar-refractivity contribution in [1.82, 2.24) is 19.3 Å². The third-order valence-corrected chi connectivity index (χ3v) is 4.80. The molecule has 156 valence electrons. The molecule has 0 spiro atoms. The second kappa shape index (κ2) is 6.82. The normalized spacial score (nSPS) is 12.0. The summed E-state index contributed by atoms with van der Waals surface area (Å²) in [6, 6.07) is 5.21. The van der Waals surface area contributed by atoms with E-state index in [0.717, 1.165) is 24.3 Å². The van der Waals surface area contributed by atoms with Gasteiger partial charge >= 0.3 is 6.18 Å². The maximum absolute atomic E-state index is 14.8. The van der Waals surface area contributed by atoms with Crippen molar-refractivity contribution in [3.63, 3.8) is 0 Å². The van der Waals surface area contributed by atoms with Crippen molar-refractivity contribution in [2.75, 3.05) is 7.11 Å². The summed E-state index contributed by atoms with van der Waals surface area (Å²) in [6.45, 7) is 1.59. The summed E-state index contributed by atoms with van der Waals surface area (Å²) in [6.07, 6.45) is -3.22. The largest absolute Gasteiger partial charge is 0.497 e. The average molecular weight is 422 g/mol. The molecule has 0 fully saturated rings. The van der Waals surface area contributed by atoms with Gasteiger partial charge in [0.25, 0.3) is 0 Å². The van der Waals surface area contributed by atoms with Crippen LogP contribution in [0.1, 0.15) is 11.3 Å². The van der Waals surface area contributed by atoms with Crippen LogP contribution in [0.25, 0.3) is 28.0 Å². The van der Waals surface area contributed by atoms with Gasteiger partial charge in [0.1, 0.15) is 29.5 Å². The number of ether oxygens (including phenoxy) is 1. The lowest BCUT2D eigenvalue weighted by Gasteiger charge is -2.12. The SMILES string of the molecule is COc1cc(F)c(-c2c(C)nn(C)c2-n2cnc3cc(C(F)(F)F)ccc32)c(F)c1. The van der Waals surface area contributed by atoms with E-state index in [-0.39, 0.29) is 28.2 Å². The van der Waals surface area contributed by atoms with E-state index >= 15 is 0 Å². The van der Waals surface area contributed by atoms with Gasteiger partial charge in [-0.15, -0.1) is 0 Å². The number of halogens is 5. The summed E-state index contributed by atoms with van der Waals surface area (Å²) >= 11 is 0. The van der Waals surface area contributed by atoms with Crippen LogP contribution < -0.4 is 4.74 Å². The van der Waals surface area contributed by atoms with Gasteiger partial charge in [-0.2, -0.15) is 18.3 Å². The van der Waals surface area contributed by atoms with Crippen molar-refractivity contribution >= 4 is 11.0 Å². The fourth-order valence-electron chi connectivity index (χ4n) is 3.48. The molecular weight excluding hydrogens is 407 g/mol. The predicted octanol–water partition coefficient (Wildman–Crippen LogP) is 5.04. The molecule has 0 aliphatic rings. The van der Waals surface area contributed by atoms with Crippen molar-refractivity contribution < 1.29 is 26.7 Å².